The van der Waals surface area contributed by atoms with Crippen LogP contribution in [0.1, 0.15) is 18.5 Å². The number of rotatable bonds is 2. The molecule has 4 nitrogen and oxygen atoms in total. The molecule has 0 aliphatic rings. The maximum atomic E-state index is 12.6. The Morgan fingerprint density at radius 3 is 2.57 bits per heavy atom. The van der Waals surface area contributed by atoms with E-state index >= 15 is 0 Å². The summed E-state index contributed by atoms with van der Waals surface area (Å²) in [4.78, 5) is 19.8. The van der Waals surface area contributed by atoms with E-state index in [2.05, 4.69) is 9.97 Å². The number of fused-ring (bicyclic) bond motifs is 3. The topological polar surface area (TPSA) is 50.7 Å². The molecular weight excluding hydrogens is 310 g/mol. The summed E-state index contributed by atoms with van der Waals surface area (Å²) < 4.78 is 1.75. The van der Waals surface area contributed by atoms with Gasteiger partial charge in [-0.2, -0.15) is 0 Å². The van der Waals surface area contributed by atoms with E-state index in [0.717, 1.165) is 22.0 Å². The van der Waals surface area contributed by atoms with E-state index in [-0.39, 0.29) is 11.7 Å². The molecule has 0 amide bonds. The Morgan fingerprint density at radius 1 is 1.09 bits per heavy atom. The summed E-state index contributed by atoms with van der Waals surface area (Å²) in [5.41, 5.74) is 3.03. The van der Waals surface area contributed by atoms with Crippen LogP contribution in [0, 0.1) is 0 Å². The van der Waals surface area contributed by atoms with Crippen LogP contribution in [0.2, 0.25) is 5.15 Å². The fourth-order valence-electron chi connectivity index (χ4n) is 3.05. The molecule has 2 heterocycles. The van der Waals surface area contributed by atoms with Crippen molar-refractivity contribution in [3.05, 3.63) is 75.8 Å². The van der Waals surface area contributed by atoms with E-state index in [4.69, 9.17) is 11.6 Å². The molecule has 4 aromatic rings. The van der Waals surface area contributed by atoms with Crippen LogP contribution in [0.5, 0.6) is 0 Å². The summed E-state index contributed by atoms with van der Waals surface area (Å²) >= 11 is 6.28. The molecule has 4 rings (SSSR count). The van der Waals surface area contributed by atoms with Crippen molar-refractivity contribution < 1.29 is 0 Å². The predicted octanol–water partition coefficient (Wildman–Crippen LogP) is 4.14. The van der Waals surface area contributed by atoms with Crippen LogP contribution in [0.3, 0.4) is 0 Å². The van der Waals surface area contributed by atoms with Gasteiger partial charge in [-0.05, 0) is 18.6 Å². The molecule has 1 unspecified atom stereocenters. The summed E-state index contributed by atoms with van der Waals surface area (Å²) in [6.45, 7) is 2.01. The summed E-state index contributed by atoms with van der Waals surface area (Å²) in [5, 5.41) is 1.22. The first-order valence-corrected chi connectivity index (χ1v) is 7.78. The zero-order chi connectivity index (χ0) is 16.0. The second-order valence-corrected chi connectivity index (χ2v) is 5.89. The number of benzene rings is 2. The van der Waals surface area contributed by atoms with E-state index in [1.807, 2.05) is 61.5 Å². The van der Waals surface area contributed by atoms with Crippen LogP contribution >= 0.6 is 11.6 Å². The van der Waals surface area contributed by atoms with Gasteiger partial charge in [0.2, 0.25) is 0 Å². The van der Waals surface area contributed by atoms with E-state index in [0.29, 0.717) is 10.7 Å². The van der Waals surface area contributed by atoms with Crippen molar-refractivity contribution in [1.82, 2.24) is 14.5 Å². The van der Waals surface area contributed by atoms with Gasteiger partial charge < -0.3 is 4.98 Å². The van der Waals surface area contributed by atoms with Gasteiger partial charge in [-0.1, -0.05) is 60.1 Å². The Morgan fingerprint density at radius 2 is 1.78 bits per heavy atom. The average Bonchev–Trinajstić information content (AvgIpc) is 2.93. The van der Waals surface area contributed by atoms with Crippen LogP contribution in [0.15, 0.2) is 59.4 Å². The number of H-pyrrole nitrogens is 1. The predicted molar refractivity (Wildman–Crippen MR) is 93.1 cm³/mol. The van der Waals surface area contributed by atoms with Gasteiger partial charge in [-0.15, -0.1) is 0 Å². The zero-order valence-electron chi connectivity index (χ0n) is 12.5. The molecule has 0 spiro atoms. The highest BCUT2D eigenvalue weighted by atomic mass is 35.5. The Bertz CT molecular complexity index is 1070. The molecule has 5 heteroatoms. The molecule has 1 atom stereocenters. The lowest BCUT2D eigenvalue weighted by Gasteiger charge is -2.15. The maximum absolute atomic E-state index is 12.6. The minimum Gasteiger partial charge on any atom is -0.303 e. The van der Waals surface area contributed by atoms with Crippen molar-refractivity contribution in [2.24, 2.45) is 0 Å². The highest BCUT2D eigenvalue weighted by Gasteiger charge is 2.19. The SMILES string of the molecule is CC(c1ccccc1)n1c(=O)[nH]c2c(Cl)nc3ccccc3c21. The number of imidazole rings is 1. The maximum Gasteiger partial charge on any atom is 0.327 e. The average molecular weight is 324 g/mol. The fourth-order valence-corrected chi connectivity index (χ4v) is 3.27. The number of pyridine rings is 1. The first kappa shape index (κ1) is 14.0. The molecule has 0 saturated heterocycles. The third-order valence-electron chi connectivity index (χ3n) is 4.18. The van der Waals surface area contributed by atoms with Gasteiger partial charge in [-0.25, -0.2) is 9.78 Å². The quantitative estimate of drug-likeness (QED) is 0.564. The van der Waals surface area contributed by atoms with Crippen LogP contribution in [-0.2, 0) is 0 Å². The Balaban J connectivity index is 2.11. The molecule has 2 aromatic heterocycles. The fraction of sp³-hybridized carbons (Fsp3) is 0.111. The van der Waals surface area contributed by atoms with E-state index in [1.54, 1.807) is 4.57 Å². The smallest absolute Gasteiger partial charge is 0.303 e. The number of para-hydroxylation sites is 1. The largest absolute Gasteiger partial charge is 0.327 e. The van der Waals surface area contributed by atoms with E-state index < -0.39 is 0 Å². The first-order valence-electron chi connectivity index (χ1n) is 7.40. The van der Waals surface area contributed by atoms with Crippen molar-refractivity contribution in [3.63, 3.8) is 0 Å². The monoisotopic (exact) mass is 323 g/mol. The number of hydrogen-bond donors (Lipinski definition) is 1. The molecule has 0 saturated carbocycles. The van der Waals surface area contributed by atoms with Crippen molar-refractivity contribution in [3.8, 4) is 0 Å². The summed E-state index contributed by atoms with van der Waals surface area (Å²) in [6, 6.07) is 17.5. The number of halogens is 1. The van der Waals surface area contributed by atoms with Crippen LogP contribution in [0.25, 0.3) is 21.9 Å². The highest BCUT2D eigenvalue weighted by Crippen LogP contribution is 2.30. The molecular formula is C18H14ClN3O. The molecule has 0 fully saturated rings. The summed E-state index contributed by atoms with van der Waals surface area (Å²) in [6.07, 6.45) is 0. The highest BCUT2D eigenvalue weighted by molar-refractivity contribution is 6.35. The van der Waals surface area contributed by atoms with Gasteiger partial charge in [0.25, 0.3) is 0 Å². The van der Waals surface area contributed by atoms with Crippen molar-refractivity contribution in [1.29, 1.82) is 0 Å². The Labute approximate surface area is 137 Å². The second-order valence-electron chi connectivity index (χ2n) is 5.53. The Kier molecular flexibility index (Phi) is 3.20. The third kappa shape index (κ3) is 2.14. The summed E-state index contributed by atoms with van der Waals surface area (Å²) in [5.74, 6) is 0. The van der Waals surface area contributed by atoms with Gasteiger partial charge in [0.15, 0.2) is 5.15 Å². The Hall–Kier alpha value is -2.59. The van der Waals surface area contributed by atoms with E-state index in [9.17, 15) is 4.79 Å². The van der Waals surface area contributed by atoms with Crippen molar-refractivity contribution >= 4 is 33.5 Å². The minimum absolute atomic E-state index is 0.112. The lowest BCUT2D eigenvalue weighted by molar-refractivity contribution is 0.637. The molecule has 1 N–H and O–H groups in total. The van der Waals surface area contributed by atoms with Gasteiger partial charge in [0.1, 0.15) is 5.52 Å². The molecule has 0 aliphatic carbocycles. The van der Waals surface area contributed by atoms with Gasteiger partial charge >= 0.3 is 5.69 Å². The third-order valence-corrected chi connectivity index (χ3v) is 4.46. The number of aromatic amines is 1. The molecule has 0 radical (unpaired) electrons. The molecule has 114 valence electrons. The van der Waals surface area contributed by atoms with Crippen molar-refractivity contribution in [2.75, 3.05) is 0 Å². The molecule has 0 aliphatic heterocycles. The number of hydrogen-bond acceptors (Lipinski definition) is 2. The van der Waals surface area contributed by atoms with Crippen LogP contribution < -0.4 is 5.69 Å². The van der Waals surface area contributed by atoms with Gasteiger partial charge in [-0.3, -0.25) is 4.57 Å². The first-order chi connectivity index (χ1) is 11.2. The summed E-state index contributed by atoms with van der Waals surface area (Å²) in [7, 11) is 0. The van der Waals surface area contributed by atoms with E-state index in [1.165, 1.54) is 0 Å². The lowest BCUT2D eigenvalue weighted by Crippen LogP contribution is -2.21. The van der Waals surface area contributed by atoms with Gasteiger partial charge in [0, 0.05) is 5.39 Å². The van der Waals surface area contributed by atoms with Crippen LogP contribution in [-0.4, -0.2) is 14.5 Å². The minimum atomic E-state index is -0.184. The van der Waals surface area contributed by atoms with Crippen LogP contribution in [0.4, 0.5) is 0 Å². The lowest BCUT2D eigenvalue weighted by atomic mass is 10.1. The second kappa shape index (κ2) is 5.25. The normalized spacial score (nSPS) is 12.8. The molecule has 0 bridgehead atoms. The number of aromatic nitrogens is 3. The number of nitrogens with one attached hydrogen (secondary N) is 1. The molecule has 23 heavy (non-hydrogen) atoms. The molecule has 2 aromatic carbocycles. The van der Waals surface area contributed by atoms with Gasteiger partial charge in [0.05, 0.1) is 17.1 Å². The number of nitrogens with zero attached hydrogens (tertiary/aromatic N) is 2. The van der Waals surface area contributed by atoms with Crippen molar-refractivity contribution in [2.45, 2.75) is 13.0 Å². The standard InChI is InChI=1S/C18H14ClN3O/c1-11(12-7-3-2-4-8-12)22-16-13-9-5-6-10-14(13)20-17(19)15(16)21-18(22)23/h2-11H,1H3,(H,21,23). The zero-order valence-corrected chi connectivity index (χ0v) is 13.2.